The standard InChI is InChI=1S/C8H11FN4S/c1-4-6(9)8(13-10)12-7(11-4)5-2-14-3-5/h5H,2-3,10H2,1H3,(H,11,12,13). The molecule has 1 aromatic rings. The molecular formula is C8H11FN4S. The number of nitrogens with one attached hydrogen (secondary N) is 1. The van der Waals surface area contributed by atoms with Crippen LogP contribution in [0.1, 0.15) is 17.4 Å². The second-order valence-electron chi connectivity index (χ2n) is 3.21. The van der Waals surface area contributed by atoms with Crippen LogP contribution >= 0.6 is 11.8 Å². The van der Waals surface area contributed by atoms with Crippen LogP contribution < -0.4 is 11.3 Å². The Labute approximate surface area is 85.5 Å². The van der Waals surface area contributed by atoms with E-state index in [2.05, 4.69) is 15.4 Å². The monoisotopic (exact) mass is 214 g/mol. The van der Waals surface area contributed by atoms with Crippen LogP contribution in [0.15, 0.2) is 0 Å². The van der Waals surface area contributed by atoms with Crippen molar-refractivity contribution in [3.8, 4) is 0 Å². The van der Waals surface area contributed by atoms with Crippen LogP contribution in [0, 0.1) is 12.7 Å². The fourth-order valence-electron chi connectivity index (χ4n) is 1.24. The van der Waals surface area contributed by atoms with Crippen molar-refractivity contribution in [2.24, 2.45) is 5.84 Å². The van der Waals surface area contributed by atoms with Gasteiger partial charge in [0, 0.05) is 17.4 Å². The van der Waals surface area contributed by atoms with Crippen molar-refractivity contribution < 1.29 is 4.39 Å². The number of hydrogen-bond donors (Lipinski definition) is 2. The molecule has 2 heterocycles. The van der Waals surface area contributed by atoms with E-state index in [4.69, 9.17) is 5.84 Å². The summed E-state index contributed by atoms with van der Waals surface area (Å²) in [5, 5.41) is 0. The van der Waals surface area contributed by atoms with E-state index >= 15 is 0 Å². The highest BCUT2D eigenvalue weighted by molar-refractivity contribution is 8.00. The van der Waals surface area contributed by atoms with Gasteiger partial charge in [-0.25, -0.2) is 20.2 Å². The zero-order valence-electron chi connectivity index (χ0n) is 7.75. The molecule has 0 aromatic carbocycles. The fraction of sp³-hybridized carbons (Fsp3) is 0.500. The molecule has 14 heavy (non-hydrogen) atoms. The van der Waals surface area contributed by atoms with Crippen LogP contribution in [0.2, 0.25) is 0 Å². The molecule has 2 rings (SSSR count). The average Bonchev–Trinajstić information content (AvgIpc) is 2.08. The Hall–Kier alpha value is -0.880. The van der Waals surface area contributed by atoms with Gasteiger partial charge in [0.25, 0.3) is 0 Å². The van der Waals surface area contributed by atoms with Crippen LogP contribution in [-0.4, -0.2) is 21.5 Å². The van der Waals surface area contributed by atoms with Crippen LogP contribution in [0.4, 0.5) is 10.2 Å². The van der Waals surface area contributed by atoms with Gasteiger partial charge in [-0.15, -0.1) is 0 Å². The number of anilines is 1. The van der Waals surface area contributed by atoms with Crippen molar-refractivity contribution in [3.63, 3.8) is 0 Å². The third kappa shape index (κ3) is 1.55. The van der Waals surface area contributed by atoms with Crippen LogP contribution in [-0.2, 0) is 0 Å². The average molecular weight is 214 g/mol. The summed E-state index contributed by atoms with van der Waals surface area (Å²) >= 11 is 1.84. The highest BCUT2D eigenvalue weighted by Crippen LogP contribution is 2.32. The molecule has 1 aromatic heterocycles. The van der Waals surface area contributed by atoms with Gasteiger partial charge in [-0.3, -0.25) is 0 Å². The van der Waals surface area contributed by atoms with Crippen LogP contribution in [0.3, 0.4) is 0 Å². The number of rotatable bonds is 2. The van der Waals surface area contributed by atoms with Gasteiger partial charge in [-0.05, 0) is 6.92 Å². The summed E-state index contributed by atoms with van der Waals surface area (Å²) in [7, 11) is 0. The predicted octanol–water partition coefficient (Wildman–Crippen LogP) is 1.04. The fourth-order valence-corrected chi connectivity index (χ4v) is 2.01. The Bertz CT molecular complexity index is 353. The van der Waals surface area contributed by atoms with Gasteiger partial charge in [-0.1, -0.05) is 0 Å². The Morgan fingerprint density at radius 1 is 1.50 bits per heavy atom. The number of nitrogens with two attached hydrogens (primary N) is 1. The van der Waals surface area contributed by atoms with E-state index in [0.29, 0.717) is 17.4 Å². The highest BCUT2D eigenvalue weighted by atomic mass is 32.2. The molecule has 1 saturated heterocycles. The zero-order chi connectivity index (χ0) is 10.1. The van der Waals surface area contributed by atoms with E-state index in [-0.39, 0.29) is 5.82 Å². The maximum Gasteiger partial charge on any atom is 0.187 e. The quantitative estimate of drug-likeness (QED) is 0.569. The second kappa shape index (κ2) is 3.70. The van der Waals surface area contributed by atoms with Crippen molar-refractivity contribution in [2.75, 3.05) is 16.9 Å². The topological polar surface area (TPSA) is 63.8 Å². The van der Waals surface area contributed by atoms with Crippen molar-refractivity contribution in [1.29, 1.82) is 0 Å². The first-order chi connectivity index (χ1) is 6.72. The molecule has 4 nitrogen and oxygen atoms in total. The van der Waals surface area contributed by atoms with E-state index in [0.717, 1.165) is 11.5 Å². The molecule has 0 spiro atoms. The Kier molecular flexibility index (Phi) is 2.56. The zero-order valence-corrected chi connectivity index (χ0v) is 8.57. The smallest absolute Gasteiger partial charge is 0.187 e. The number of nitrogen functional groups attached to an aromatic ring is 1. The molecule has 1 fully saturated rings. The number of hydrazine groups is 1. The predicted molar refractivity (Wildman–Crippen MR) is 54.6 cm³/mol. The molecule has 1 aliphatic rings. The van der Waals surface area contributed by atoms with Gasteiger partial charge >= 0.3 is 0 Å². The molecule has 1 aliphatic heterocycles. The summed E-state index contributed by atoms with van der Waals surface area (Å²) in [6.07, 6.45) is 0. The summed E-state index contributed by atoms with van der Waals surface area (Å²) in [6, 6.07) is 0. The molecule has 0 radical (unpaired) electrons. The van der Waals surface area contributed by atoms with Crippen molar-refractivity contribution >= 4 is 17.6 Å². The van der Waals surface area contributed by atoms with Gasteiger partial charge in [-0.2, -0.15) is 11.8 Å². The molecule has 3 N–H and O–H groups in total. The number of halogens is 1. The number of aryl methyl sites for hydroxylation is 1. The molecule has 0 unspecified atom stereocenters. The summed E-state index contributed by atoms with van der Waals surface area (Å²) in [6.45, 7) is 1.62. The van der Waals surface area contributed by atoms with Crippen molar-refractivity contribution in [3.05, 3.63) is 17.3 Å². The van der Waals surface area contributed by atoms with Crippen molar-refractivity contribution in [1.82, 2.24) is 9.97 Å². The van der Waals surface area contributed by atoms with E-state index in [1.165, 1.54) is 0 Å². The molecule has 76 valence electrons. The number of thioether (sulfide) groups is 1. The lowest BCUT2D eigenvalue weighted by atomic mass is 10.2. The maximum atomic E-state index is 13.3. The number of hydrogen-bond acceptors (Lipinski definition) is 5. The first-order valence-electron chi connectivity index (χ1n) is 4.30. The number of aromatic nitrogens is 2. The molecular weight excluding hydrogens is 203 g/mol. The minimum atomic E-state index is -0.469. The van der Waals surface area contributed by atoms with Crippen LogP contribution in [0.5, 0.6) is 0 Å². The summed E-state index contributed by atoms with van der Waals surface area (Å²) in [5.74, 6) is 7.84. The Morgan fingerprint density at radius 3 is 2.71 bits per heavy atom. The van der Waals surface area contributed by atoms with Gasteiger partial charge in [0.1, 0.15) is 5.82 Å². The molecule has 0 bridgehead atoms. The van der Waals surface area contributed by atoms with E-state index in [1.807, 2.05) is 11.8 Å². The van der Waals surface area contributed by atoms with E-state index < -0.39 is 5.82 Å². The highest BCUT2D eigenvalue weighted by Gasteiger charge is 2.24. The third-order valence-corrected chi connectivity index (χ3v) is 3.45. The normalized spacial score (nSPS) is 16.5. The SMILES string of the molecule is Cc1nc(C2CSC2)nc(NN)c1F. The molecule has 6 heteroatoms. The van der Waals surface area contributed by atoms with Gasteiger partial charge in [0.2, 0.25) is 0 Å². The van der Waals surface area contributed by atoms with E-state index in [9.17, 15) is 4.39 Å². The summed E-state index contributed by atoms with van der Waals surface area (Å²) in [5.41, 5.74) is 2.59. The minimum Gasteiger partial charge on any atom is -0.306 e. The summed E-state index contributed by atoms with van der Waals surface area (Å²) in [4.78, 5) is 8.15. The third-order valence-electron chi connectivity index (χ3n) is 2.17. The van der Waals surface area contributed by atoms with Crippen LogP contribution in [0.25, 0.3) is 0 Å². The first kappa shape index (κ1) is 9.67. The Morgan fingerprint density at radius 2 is 2.21 bits per heavy atom. The molecule has 0 aliphatic carbocycles. The van der Waals surface area contributed by atoms with E-state index in [1.54, 1.807) is 6.92 Å². The largest absolute Gasteiger partial charge is 0.306 e. The lowest BCUT2D eigenvalue weighted by Gasteiger charge is -2.23. The van der Waals surface area contributed by atoms with Gasteiger partial charge < -0.3 is 5.43 Å². The summed E-state index contributed by atoms with van der Waals surface area (Å²) < 4.78 is 13.3. The lowest BCUT2D eigenvalue weighted by molar-refractivity contribution is 0.595. The molecule has 0 amide bonds. The van der Waals surface area contributed by atoms with Gasteiger partial charge in [0.05, 0.1) is 5.69 Å². The second-order valence-corrected chi connectivity index (χ2v) is 4.28. The molecule has 0 atom stereocenters. The van der Waals surface area contributed by atoms with Gasteiger partial charge in [0.15, 0.2) is 11.6 Å². The molecule has 0 saturated carbocycles. The maximum absolute atomic E-state index is 13.3. The number of nitrogens with zero attached hydrogens (tertiary/aromatic N) is 2. The van der Waals surface area contributed by atoms with Crippen molar-refractivity contribution in [2.45, 2.75) is 12.8 Å². The lowest BCUT2D eigenvalue weighted by Crippen LogP contribution is -2.21. The first-order valence-corrected chi connectivity index (χ1v) is 5.46. The minimum absolute atomic E-state index is 0.0874. The Balaban J connectivity index is 2.37.